The molecule has 0 bridgehead atoms. The summed E-state index contributed by atoms with van der Waals surface area (Å²) in [4.78, 5) is 0. The smallest absolute Gasteiger partial charge is 0.216 e. The molecule has 1 aromatic carbocycles. The second-order valence-electron chi connectivity index (χ2n) is 5.69. The lowest BCUT2D eigenvalue weighted by atomic mass is 10.2. The van der Waals surface area contributed by atoms with E-state index in [0.29, 0.717) is 41.1 Å². The Bertz CT molecular complexity index is 837. The highest BCUT2D eigenvalue weighted by Gasteiger charge is 2.23. The van der Waals surface area contributed by atoms with Crippen molar-refractivity contribution < 1.29 is 18.9 Å². The molecule has 9 heteroatoms. The van der Waals surface area contributed by atoms with Gasteiger partial charge in [-0.2, -0.15) is 14.9 Å². The van der Waals surface area contributed by atoms with Gasteiger partial charge in [-0.3, -0.25) is 5.10 Å². The summed E-state index contributed by atoms with van der Waals surface area (Å²) in [6.07, 6.45) is 3.52. The lowest BCUT2D eigenvalue weighted by Gasteiger charge is -2.20. The summed E-state index contributed by atoms with van der Waals surface area (Å²) in [6.45, 7) is 1.74. The second-order valence-corrected chi connectivity index (χ2v) is 6.08. The van der Waals surface area contributed by atoms with Crippen molar-refractivity contribution in [3.8, 4) is 17.2 Å². The molecule has 0 unspecified atom stereocenters. The summed E-state index contributed by atoms with van der Waals surface area (Å²) >= 11 is 5.28. The van der Waals surface area contributed by atoms with E-state index >= 15 is 0 Å². The normalized spacial score (nSPS) is 19.5. The summed E-state index contributed by atoms with van der Waals surface area (Å²) in [5, 5.41) is 11.5. The van der Waals surface area contributed by atoms with Crippen molar-refractivity contribution in [3.63, 3.8) is 0 Å². The molecular formula is C16H18N4O4S. The number of aromatic nitrogens is 3. The number of ether oxygens (including phenoxy) is 4. The molecule has 1 N–H and O–H groups in total. The van der Waals surface area contributed by atoms with Crippen LogP contribution in [0, 0.1) is 4.77 Å². The highest BCUT2D eigenvalue weighted by atomic mass is 32.1. The van der Waals surface area contributed by atoms with Crippen LogP contribution in [0.5, 0.6) is 17.2 Å². The van der Waals surface area contributed by atoms with Gasteiger partial charge in [-0.1, -0.05) is 0 Å². The maximum Gasteiger partial charge on any atom is 0.216 e. The zero-order valence-corrected chi connectivity index (χ0v) is 14.5. The third kappa shape index (κ3) is 3.12. The Morgan fingerprint density at radius 2 is 2.24 bits per heavy atom. The first kappa shape index (κ1) is 16.1. The van der Waals surface area contributed by atoms with E-state index in [1.54, 1.807) is 18.0 Å². The highest BCUT2D eigenvalue weighted by molar-refractivity contribution is 7.71. The first-order valence-electron chi connectivity index (χ1n) is 8.07. The van der Waals surface area contributed by atoms with Gasteiger partial charge >= 0.3 is 0 Å². The summed E-state index contributed by atoms with van der Waals surface area (Å²) in [5.41, 5.74) is 0.808. The van der Waals surface area contributed by atoms with Gasteiger partial charge in [0.1, 0.15) is 19.3 Å². The van der Waals surface area contributed by atoms with Crippen LogP contribution in [0.4, 0.5) is 0 Å². The van der Waals surface area contributed by atoms with Gasteiger partial charge < -0.3 is 18.9 Å². The summed E-state index contributed by atoms with van der Waals surface area (Å²) < 4.78 is 24.3. The number of hydrogen-bond acceptors (Lipinski definition) is 7. The van der Waals surface area contributed by atoms with Gasteiger partial charge in [0.2, 0.25) is 10.5 Å². The molecule has 2 aliphatic rings. The zero-order chi connectivity index (χ0) is 17.2. The molecule has 0 saturated carbocycles. The number of fused-ring (bicyclic) bond motifs is 1. The highest BCUT2D eigenvalue weighted by Crippen LogP contribution is 2.40. The molecule has 0 aliphatic carbocycles. The standard InChI is InChI=1S/C16H18N4O4S/c1-21-12-7-10(8-13-14(12)24-6-5-23-13)9-17-20-15(18-19-16(20)25)11-3-2-4-22-11/h7-9,11H,2-6H2,1H3,(H,19,25)/b17-9-/t11-/m1/s1. The topological polar surface area (TPSA) is 82.9 Å². The van der Waals surface area contributed by atoms with Crippen LogP contribution < -0.4 is 14.2 Å². The van der Waals surface area contributed by atoms with Crippen LogP contribution in [0.25, 0.3) is 0 Å². The number of rotatable bonds is 4. The van der Waals surface area contributed by atoms with Crippen LogP contribution in [0.3, 0.4) is 0 Å². The fraction of sp³-hybridized carbons (Fsp3) is 0.438. The van der Waals surface area contributed by atoms with Gasteiger partial charge in [-0.15, -0.1) is 0 Å². The van der Waals surface area contributed by atoms with Crippen molar-refractivity contribution >= 4 is 18.4 Å². The van der Waals surface area contributed by atoms with Gasteiger partial charge in [-0.25, -0.2) is 0 Å². The third-order valence-electron chi connectivity index (χ3n) is 4.07. The lowest BCUT2D eigenvalue weighted by molar-refractivity contribution is 0.102. The molecule has 8 nitrogen and oxygen atoms in total. The SMILES string of the molecule is COc1cc(/C=N\n2c([C@H]3CCCO3)n[nH]c2=S)cc2c1OCCO2. The number of methoxy groups -OCH3 is 1. The third-order valence-corrected chi connectivity index (χ3v) is 4.33. The summed E-state index contributed by atoms with van der Waals surface area (Å²) in [7, 11) is 1.59. The minimum absolute atomic E-state index is 0.0834. The molecule has 2 aliphatic heterocycles. The molecule has 0 radical (unpaired) electrons. The van der Waals surface area contributed by atoms with Crippen molar-refractivity contribution in [2.75, 3.05) is 26.9 Å². The molecule has 3 heterocycles. The van der Waals surface area contributed by atoms with Crippen molar-refractivity contribution in [1.29, 1.82) is 0 Å². The van der Waals surface area contributed by atoms with E-state index < -0.39 is 0 Å². The van der Waals surface area contributed by atoms with Crippen LogP contribution >= 0.6 is 12.2 Å². The fourth-order valence-corrected chi connectivity index (χ4v) is 3.08. The average Bonchev–Trinajstić information content (AvgIpc) is 3.29. The predicted molar refractivity (Wildman–Crippen MR) is 92.3 cm³/mol. The summed E-state index contributed by atoms with van der Waals surface area (Å²) in [5.74, 6) is 2.55. The molecule has 0 spiro atoms. The molecular weight excluding hydrogens is 344 g/mol. The molecule has 1 fully saturated rings. The molecule has 1 saturated heterocycles. The molecule has 0 amide bonds. The zero-order valence-electron chi connectivity index (χ0n) is 13.7. The van der Waals surface area contributed by atoms with Gasteiger partial charge in [0.05, 0.1) is 13.3 Å². The van der Waals surface area contributed by atoms with E-state index in [9.17, 15) is 0 Å². The Morgan fingerprint density at radius 1 is 1.36 bits per heavy atom. The van der Waals surface area contributed by atoms with E-state index in [1.807, 2.05) is 12.1 Å². The second kappa shape index (κ2) is 6.85. The number of nitrogens with zero attached hydrogens (tertiary/aromatic N) is 3. The van der Waals surface area contributed by atoms with Crippen LogP contribution in [-0.4, -0.2) is 48.0 Å². The lowest BCUT2D eigenvalue weighted by Crippen LogP contribution is -2.16. The Labute approximate surface area is 149 Å². The van der Waals surface area contributed by atoms with Gasteiger partial charge in [0.15, 0.2) is 17.3 Å². The van der Waals surface area contributed by atoms with Gasteiger partial charge in [0, 0.05) is 12.2 Å². The maximum atomic E-state index is 5.68. The molecule has 1 atom stereocenters. The van der Waals surface area contributed by atoms with E-state index in [4.69, 9.17) is 31.2 Å². The minimum atomic E-state index is -0.0834. The Hall–Kier alpha value is -2.39. The molecule has 4 rings (SSSR count). The van der Waals surface area contributed by atoms with Crippen molar-refractivity contribution in [2.45, 2.75) is 18.9 Å². The Kier molecular flexibility index (Phi) is 4.41. The fourth-order valence-electron chi connectivity index (χ4n) is 2.90. The molecule has 1 aromatic heterocycles. The predicted octanol–water partition coefficient (Wildman–Crippen LogP) is 2.45. The first-order valence-corrected chi connectivity index (χ1v) is 8.48. The van der Waals surface area contributed by atoms with Crippen LogP contribution in [-0.2, 0) is 4.74 Å². The average molecular weight is 362 g/mol. The van der Waals surface area contributed by atoms with Crippen LogP contribution in [0.2, 0.25) is 0 Å². The first-order chi connectivity index (χ1) is 12.3. The van der Waals surface area contributed by atoms with E-state index in [2.05, 4.69) is 15.3 Å². The van der Waals surface area contributed by atoms with Crippen molar-refractivity contribution in [2.24, 2.45) is 5.10 Å². The summed E-state index contributed by atoms with van der Waals surface area (Å²) in [6, 6.07) is 3.70. The largest absolute Gasteiger partial charge is 0.493 e. The van der Waals surface area contributed by atoms with Crippen molar-refractivity contribution in [1.82, 2.24) is 14.9 Å². The monoisotopic (exact) mass is 362 g/mol. The van der Waals surface area contributed by atoms with E-state index in [0.717, 1.165) is 25.0 Å². The quantitative estimate of drug-likeness (QED) is 0.664. The van der Waals surface area contributed by atoms with Crippen LogP contribution in [0.1, 0.15) is 30.3 Å². The number of hydrogen-bond donors (Lipinski definition) is 1. The maximum absolute atomic E-state index is 5.68. The Morgan fingerprint density at radius 3 is 3.04 bits per heavy atom. The minimum Gasteiger partial charge on any atom is -0.493 e. The van der Waals surface area contributed by atoms with Gasteiger partial charge in [0.25, 0.3) is 0 Å². The number of benzene rings is 1. The Balaban J connectivity index is 1.66. The van der Waals surface area contributed by atoms with E-state index in [1.165, 1.54) is 0 Å². The van der Waals surface area contributed by atoms with Gasteiger partial charge in [-0.05, 0) is 37.2 Å². The van der Waals surface area contributed by atoms with Crippen molar-refractivity contribution in [3.05, 3.63) is 28.3 Å². The molecule has 132 valence electrons. The van der Waals surface area contributed by atoms with Crippen LogP contribution in [0.15, 0.2) is 17.2 Å². The molecule has 2 aromatic rings. The molecule has 25 heavy (non-hydrogen) atoms. The van der Waals surface area contributed by atoms with E-state index in [-0.39, 0.29) is 6.10 Å². The number of aromatic amines is 1. The number of H-pyrrole nitrogens is 1. The number of nitrogens with one attached hydrogen (secondary N) is 1.